The Bertz CT molecular complexity index is 338. The second-order valence-electron chi connectivity index (χ2n) is 4.58. The second kappa shape index (κ2) is 8.70. The highest BCUT2D eigenvalue weighted by Gasteiger charge is 2.08. The van der Waals surface area contributed by atoms with E-state index in [0.717, 1.165) is 18.5 Å². The van der Waals surface area contributed by atoms with E-state index in [0.29, 0.717) is 6.54 Å². The third kappa shape index (κ3) is 5.82. The fourth-order valence-electron chi connectivity index (χ4n) is 1.82. The lowest BCUT2D eigenvalue weighted by atomic mass is 10.1. The van der Waals surface area contributed by atoms with E-state index in [-0.39, 0.29) is 11.9 Å². The van der Waals surface area contributed by atoms with Gasteiger partial charge in [-0.2, -0.15) is 0 Å². The van der Waals surface area contributed by atoms with Crippen LogP contribution in [0.1, 0.15) is 44.7 Å². The van der Waals surface area contributed by atoms with Crippen LogP contribution in [-0.2, 0) is 4.79 Å². The third-order valence-corrected chi connectivity index (χ3v) is 2.92. The number of unbranched alkanes of at least 4 members (excludes halogenated alkanes) is 2. The van der Waals surface area contributed by atoms with Crippen LogP contribution < -0.4 is 10.6 Å². The molecule has 0 aromatic heterocycles. The molecule has 3 heteroatoms. The second-order valence-corrected chi connectivity index (χ2v) is 4.58. The molecule has 3 nitrogen and oxygen atoms in total. The summed E-state index contributed by atoms with van der Waals surface area (Å²) in [6, 6.07) is 10.1. The summed E-state index contributed by atoms with van der Waals surface area (Å²) in [6.07, 6.45) is 3.56. The van der Waals surface area contributed by atoms with Crippen molar-refractivity contribution in [3.63, 3.8) is 0 Å². The molecule has 0 aliphatic rings. The summed E-state index contributed by atoms with van der Waals surface area (Å²) in [5.74, 6) is 0.0582. The molecule has 1 aromatic carbocycles. The van der Waals surface area contributed by atoms with Crippen LogP contribution in [-0.4, -0.2) is 19.0 Å². The van der Waals surface area contributed by atoms with Crippen LogP contribution in [0.25, 0.3) is 0 Å². The van der Waals surface area contributed by atoms with Gasteiger partial charge in [0.15, 0.2) is 0 Å². The average molecular weight is 248 g/mol. The van der Waals surface area contributed by atoms with Crippen molar-refractivity contribution in [1.82, 2.24) is 10.6 Å². The normalized spacial score (nSPS) is 12.1. The predicted molar refractivity (Wildman–Crippen MR) is 75.4 cm³/mol. The molecule has 2 N–H and O–H groups in total. The van der Waals surface area contributed by atoms with Gasteiger partial charge < -0.3 is 10.6 Å². The van der Waals surface area contributed by atoms with E-state index in [9.17, 15) is 4.79 Å². The number of benzene rings is 1. The first-order valence-corrected chi connectivity index (χ1v) is 6.79. The van der Waals surface area contributed by atoms with Gasteiger partial charge in [0, 0.05) is 0 Å². The van der Waals surface area contributed by atoms with Crippen LogP contribution in [0, 0.1) is 0 Å². The van der Waals surface area contributed by atoms with E-state index in [2.05, 4.69) is 17.6 Å². The van der Waals surface area contributed by atoms with Gasteiger partial charge in [0.05, 0.1) is 12.6 Å². The lowest BCUT2D eigenvalue weighted by molar-refractivity contribution is -0.120. The Hall–Kier alpha value is -1.35. The average Bonchev–Trinajstić information content (AvgIpc) is 2.39. The molecule has 0 radical (unpaired) electrons. The van der Waals surface area contributed by atoms with Gasteiger partial charge in [0.1, 0.15) is 0 Å². The van der Waals surface area contributed by atoms with Crippen molar-refractivity contribution >= 4 is 5.91 Å². The largest absolute Gasteiger partial charge is 0.348 e. The molecule has 0 saturated carbocycles. The number of carbonyl (C=O) groups excluding carboxylic acids is 1. The molecular weight excluding hydrogens is 224 g/mol. The molecule has 0 spiro atoms. The lowest BCUT2D eigenvalue weighted by Gasteiger charge is -2.14. The van der Waals surface area contributed by atoms with E-state index in [4.69, 9.17) is 0 Å². The monoisotopic (exact) mass is 248 g/mol. The lowest BCUT2D eigenvalue weighted by Crippen LogP contribution is -2.35. The molecule has 100 valence electrons. The molecule has 1 unspecified atom stereocenters. The number of hydrogen-bond donors (Lipinski definition) is 2. The zero-order chi connectivity index (χ0) is 13.2. The zero-order valence-corrected chi connectivity index (χ0v) is 11.4. The van der Waals surface area contributed by atoms with Crippen molar-refractivity contribution in [2.24, 2.45) is 0 Å². The van der Waals surface area contributed by atoms with Crippen LogP contribution in [0.15, 0.2) is 30.3 Å². The standard InChI is InChI=1S/C15H24N2O/c1-3-4-8-11-16-12-15(18)17-13(2)14-9-6-5-7-10-14/h5-7,9-10,13,16H,3-4,8,11-12H2,1-2H3,(H,17,18). The first-order valence-electron chi connectivity index (χ1n) is 6.79. The maximum atomic E-state index is 11.7. The maximum Gasteiger partial charge on any atom is 0.234 e. The number of rotatable bonds is 8. The van der Waals surface area contributed by atoms with E-state index in [1.54, 1.807) is 0 Å². The van der Waals surface area contributed by atoms with Crippen LogP contribution >= 0.6 is 0 Å². The van der Waals surface area contributed by atoms with Gasteiger partial charge in [-0.15, -0.1) is 0 Å². The van der Waals surface area contributed by atoms with Crippen molar-refractivity contribution in [1.29, 1.82) is 0 Å². The Morgan fingerprint density at radius 2 is 1.94 bits per heavy atom. The van der Waals surface area contributed by atoms with E-state index in [1.807, 2.05) is 37.3 Å². The Morgan fingerprint density at radius 1 is 1.22 bits per heavy atom. The maximum absolute atomic E-state index is 11.7. The number of carbonyl (C=O) groups is 1. The quantitative estimate of drug-likeness (QED) is 0.694. The first-order chi connectivity index (χ1) is 8.74. The Labute approximate surface area is 110 Å². The third-order valence-electron chi connectivity index (χ3n) is 2.92. The van der Waals surface area contributed by atoms with Crippen molar-refractivity contribution in [2.45, 2.75) is 39.2 Å². The number of amides is 1. The summed E-state index contributed by atoms with van der Waals surface area (Å²) >= 11 is 0. The zero-order valence-electron chi connectivity index (χ0n) is 11.4. The highest BCUT2D eigenvalue weighted by Crippen LogP contribution is 2.10. The van der Waals surface area contributed by atoms with Gasteiger partial charge in [0.2, 0.25) is 5.91 Å². The van der Waals surface area contributed by atoms with Gasteiger partial charge in [-0.25, -0.2) is 0 Å². The summed E-state index contributed by atoms with van der Waals surface area (Å²) in [5.41, 5.74) is 1.14. The van der Waals surface area contributed by atoms with Crippen molar-refractivity contribution in [3.8, 4) is 0 Å². The van der Waals surface area contributed by atoms with Crippen LogP contribution in [0.2, 0.25) is 0 Å². The summed E-state index contributed by atoms with van der Waals surface area (Å²) < 4.78 is 0. The van der Waals surface area contributed by atoms with Crippen LogP contribution in [0.5, 0.6) is 0 Å². The minimum absolute atomic E-state index is 0.0582. The van der Waals surface area contributed by atoms with Gasteiger partial charge in [0.25, 0.3) is 0 Å². The molecular formula is C15H24N2O. The SMILES string of the molecule is CCCCCNCC(=O)NC(C)c1ccccc1. The smallest absolute Gasteiger partial charge is 0.234 e. The Balaban J connectivity index is 2.20. The number of hydrogen-bond acceptors (Lipinski definition) is 2. The molecule has 0 aliphatic carbocycles. The molecule has 1 rings (SSSR count). The Morgan fingerprint density at radius 3 is 2.61 bits per heavy atom. The minimum atomic E-state index is 0.0582. The molecule has 18 heavy (non-hydrogen) atoms. The fourth-order valence-corrected chi connectivity index (χ4v) is 1.82. The Kier molecular flexibility index (Phi) is 7.11. The highest BCUT2D eigenvalue weighted by atomic mass is 16.1. The fraction of sp³-hybridized carbons (Fsp3) is 0.533. The van der Waals surface area contributed by atoms with Crippen molar-refractivity contribution in [3.05, 3.63) is 35.9 Å². The van der Waals surface area contributed by atoms with Gasteiger partial charge in [-0.3, -0.25) is 4.79 Å². The van der Waals surface area contributed by atoms with Crippen LogP contribution in [0.4, 0.5) is 0 Å². The van der Waals surface area contributed by atoms with Gasteiger partial charge >= 0.3 is 0 Å². The first kappa shape index (κ1) is 14.7. The minimum Gasteiger partial charge on any atom is -0.348 e. The van der Waals surface area contributed by atoms with Crippen molar-refractivity contribution in [2.75, 3.05) is 13.1 Å². The molecule has 1 atom stereocenters. The van der Waals surface area contributed by atoms with Crippen molar-refractivity contribution < 1.29 is 4.79 Å². The van der Waals surface area contributed by atoms with E-state index < -0.39 is 0 Å². The predicted octanol–water partition coefficient (Wildman–Crippen LogP) is 2.64. The summed E-state index contributed by atoms with van der Waals surface area (Å²) in [5, 5.41) is 6.15. The molecule has 0 fully saturated rings. The number of nitrogens with one attached hydrogen (secondary N) is 2. The summed E-state index contributed by atoms with van der Waals surface area (Å²) in [6.45, 7) is 5.50. The summed E-state index contributed by atoms with van der Waals surface area (Å²) in [7, 11) is 0. The molecule has 1 amide bonds. The highest BCUT2D eigenvalue weighted by molar-refractivity contribution is 5.78. The van der Waals surface area contributed by atoms with Gasteiger partial charge in [-0.1, -0.05) is 50.1 Å². The molecule has 0 saturated heterocycles. The molecule has 0 bridgehead atoms. The van der Waals surface area contributed by atoms with Gasteiger partial charge in [-0.05, 0) is 25.5 Å². The molecule has 0 heterocycles. The summed E-state index contributed by atoms with van der Waals surface area (Å²) in [4.78, 5) is 11.7. The topological polar surface area (TPSA) is 41.1 Å². The van der Waals surface area contributed by atoms with Crippen LogP contribution in [0.3, 0.4) is 0 Å². The van der Waals surface area contributed by atoms with E-state index in [1.165, 1.54) is 12.8 Å². The molecule has 0 aliphatic heterocycles. The van der Waals surface area contributed by atoms with E-state index >= 15 is 0 Å². The molecule has 1 aromatic rings.